The van der Waals surface area contributed by atoms with Gasteiger partial charge >= 0.3 is 0 Å². The Kier molecular flexibility index (Phi) is 4.89. The fourth-order valence-electron chi connectivity index (χ4n) is 0.207. The Morgan fingerprint density at radius 2 is 2.43 bits per heavy atom. The first-order chi connectivity index (χ1) is 3.41. The largest absolute Gasteiger partial charge is 0.381 e. The van der Waals surface area contributed by atoms with Crippen LogP contribution in [0.2, 0.25) is 0 Å². The predicted octanol–water partition coefficient (Wildman–Crippen LogP) is 0.388. The summed E-state index contributed by atoms with van der Waals surface area (Å²) in [6, 6.07) is 0. The zero-order valence-corrected chi connectivity index (χ0v) is 4.26. The first-order valence-corrected chi connectivity index (χ1v) is 2.01. The fraction of sp³-hybridized carbons (Fsp3) is 0.400. The van der Waals surface area contributed by atoms with Crippen LogP contribution in [0.15, 0.2) is 12.2 Å². The van der Waals surface area contributed by atoms with Crippen LogP contribution in [0.1, 0.15) is 0 Å². The van der Waals surface area contributed by atoms with Gasteiger partial charge in [-0.15, -0.1) is 0 Å². The summed E-state index contributed by atoms with van der Waals surface area (Å²) < 4.78 is 4.60. The third kappa shape index (κ3) is 5.37. The maximum absolute atomic E-state index is 9.54. The van der Waals surface area contributed by atoms with Gasteiger partial charge in [0.1, 0.15) is 6.29 Å². The number of hydrogen-bond donors (Lipinski definition) is 0. The molecule has 0 saturated carbocycles. The smallest absolute Gasteiger partial charge is 0.142 e. The van der Waals surface area contributed by atoms with E-state index in [1.54, 1.807) is 13.2 Å². The number of allylic oxidation sites excluding steroid dienone is 1. The Balaban J connectivity index is 2.92. The molecule has 0 radical (unpaired) electrons. The van der Waals surface area contributed by atoms with E-state index in [0.29, 0.717) is 6.61 Å². The van der Waals surface area contributed by atoms with Gasteiger partial charge in [-0.05, 0) is 6.08 Å². The number of ether oxygens (including phenoxy) is 1. The molecule has 7 heavy (non-hydrogen) atoms. The average molecular weight is 100 g/mol. The molecule has 0 aliphatic rings. The topological polar surface area (TPSA) is 26.3 Å². The first-order valence-electron chi connectivity index (χ1n) is 2.01. The van der Waals surface area contributed by atoms with Crippen LogP contribution in [0.25, 0.3) is 0 Å². The van der Waals surface area contributed by atoms with Crippen molar-refractivity contribution < 1.29 is 9.53 Å². The fourth-order valence-corrected chi connectivity index (χ4v) is 0.207. The minimum atomic E-state index is 0.513. The van der Waals surface area contributed by atoms with Crippen molar-refractivity contribution in [3.8, 4) is 0 Å². The van der Waals surface area contributed by atoms with Gasteiger partial charge in [0.05, 0.1) is 6.61 Å². The quantitative estimate of drug-likeness (QED) is 0.378. The highest BCUT2D eigenvalue weighted by molar-refractivity contribution is 5.64. The van der Waals surface area contributed by atoms with Crippen molar-refractivity contribution in [3.05, 3.63) is 12.2 Å². The summed E-state index contributed by atoms with van der Waals surface area (Å²) in [6.07, 6.45) is 3.77. The van der Waals surface area contributed by atoms with Crippen LogP contribution in [-0.4, -0.2) is 20.0 Å². The molecule has 0 heterocycles. The molecule has 0 spiro atoms. The van der Waals surface area contributed by atoms with Crippen molar-refractivity contribution in [1.82, 2.24) is 0 Å². The Bertz CT molecular complexity index is 66.5. The highest BCUT2D eigenvalue weighted by Gasteiger charge is 1.65. The average Bonchev–Trinajstić information content (AvgIpc) is 1.69. The molecule has 0 aromatic carbocycles. The Morgan fingerprint density at radius 1 is 1.71 bits per heavy atom. The molecule has 2 heteroatoms. The van der Waals surface area contributed by atoms with Crippen LogP contribution < -0.4 is 0 Å². The van der Waals surface area contributed by atoms with Gasteiger partial charge in [0, 0.05) is 7.11 Å². The van der Waals surface area contributed by atoms with Crippen molar-refractivity contribution in [2.75, 3.05) is 13.7 Å². The van der Waals surface area contributed by atoms with E-state index in [1.807, 2.05) is 0 Å². The highest BCUT2D eigenvalue weighted by Crippen LogP contribution is 1.67. The number of aldehydes is 1. The van der Waals surface area contributed by atoms with Crippen molar-refractivity contribution in [1.29, 1.82) is 0 Å². The molecule has 0 aromatic heterocycles. The standard InChI is InChI=1S/C5H8O2/c1-7-5-3-2-4-6/h2-4H,5H2,1H3/b3-2+. The lowest BCUT2D eigenvalue weighted by Gasteiger charge is -1.81. The molecule has 0 aliphatic heterocycles. The van der Waals surface area contributed by atoms with E-state index in [2.05, 4.69) is 4.74 Å². The van der Waals surface area contributed by atoms with Crippen molar-refractivity contribution in [2.45, 2.75) is 0 Å². The van der Waals surface area contributed by atoms with E-state index < -0.39 is 0 Å². The second kappa shape index (κ2) is 5.37. The monoisotopic (exact) mass is 100 g/mol. The molecule has 0 unspecified atom stereocenters. The third-order valence-corrected chi connectivity index (χ3v) is 0.478. The van der Waals surface area contributed by atoms with E-state index in [1.165, 1.54) is 6.08 Å². The minimum Gasteiger partial charge on any atom is -0.381 e. The summed E-state index contributed by atoms with van der Waals surface area (Å²) in [7, 11) is 1.58. The van der Waals surface area contributed by atoms with Gasteiger partial charge in [-0.2, -0.15) is 0 Å². The van der Waals surface area contributed by atoms with E-state index in [9.17, 15) is 4.79 Å². The maximum Gasteiger partial charge on any atom is 0.142 e. The van der Waals surface area contributed by atoms with Crippen molar-refractivity contribution in [2.24, 2.45) is 0 Å². The van der Waals surface area contributed by atoms with E-state index in [-0.39, 0.29) is 0 Å². The summed E-state index contributed by atoms with van der Waals surface area (Å²) in [5, 5.41) is 0. The van der Waals surface area contributed by atoms with E-state index in [0.717, 1.165) is 6.29 Å². The summed E-state index contributed by atoms with van der Waals surface area (Å²) in [5.41, 5.74) is 0. The second-order valence-corrected chi connectivity index (χ2v) is 1.02. The lowest BCUT2D eigenvalue weighted by molar-refractivity contribution is -0.104. The van der Waals surface area contributed by atoms with Crippen LogP contribution in [0, 0.1) is 0 Å². The molecule has 0 N–H and O–H groups in total. The molecule has 0 saturated heterocycles. The van der Waals surface area contributed by atoms with E-state index >= 15 is 0 Å². The van der Waals surface area contributed by atoms with Gasteiger partial charge in [0.15, 0.2) is 0 Å². The second-order valence-electron chi connectivity index (χ2n) is 1.02. The summed E-state index contributed by atoms with van der Waals surface area (Å²) >= 11 is 0. The van der Waals surface area contributed by atoms with Gasteiger partial charge in [-0.25, -0.2) is 0 Å². The molecule has 2 nitrogen and oxygen atoms in total. The number of methoxy groups -OCH3 is 1. The molecule has 0 atom stereocenters. The molecule has 40 valence electrons. The zero-order chi connectivity index (χ0) is 5.54. The van der Waals surface area contributed by atoms with Crippen molar-refractivity contribution in [3.63, 3.8) is 0 Å². The van der Waals surface area contributed by atoms with Crippen LogP contribution in [0.5, 0.6) is 0 Å². The predicted molar refractivity (Wildman–Crippen MR) is 27.1 cm³/mol. The third-order valence-electron chi connectivity index (χ3n) is 0.478. The SMILES string of the molecule is COC/C=C/C=O. The number of hydrogen-bond acceptors (Lipinski definition) is 2. The number of carbonyl (C=O) groups is 1. The minimum absolute atomic E-state index is 0.513. The van der Waals surface area contributed by atoms with Gasteiger partial charge in [0.25, 0.3) is 0 Å². The van der Waals surface area contributed by atoms with Gasteiger partial charge < -0.3 is 4.74 Å². The molecular weight excluding hydrogens is 92.1 g/mol. The summed E-state index contributed by atoms with van der Waals surface area (Å²) in [5.74, 6) is 0. The Hall–Kier alpha value is -0.630. The molecule has 0 aliphatic carbocycles. The van der Waals surface area contributed by atoms with Gasteiger partial charge in [0.2, 0.25) is 0 Å². The number of rotatable bonds is 3. The summed E-state index contributed by atoms with van der Waals surface area (Å²) in [6.45, 7) is 0.513. The molecular formula is C5H8O2. The zero-order valence-electron chi connectivity index (χ0n) is 4.26. The maximum atomic E-state index is 9.54. The normalized spacial score (nSPS) is 9.86. The first kappa shape index (κ1) is 6.37. The van der Waals surface area contributed by atoms with Crippen LogP contribution in [0.3, 0.4) is 0 Å². The molecule has 0 amide bonds. The Labute approximate surface area is 42.8 Å². The molecule has 0 bridgehead atoms. The molecule has 0 fully saturated rings. The molecule has 0 rings (SSSR count). The van der Waals surface area contributed by atoms with Crippen LogP contribution in [-0.2, 0) is 9.53 Å². The lowest BCUT2D eigenvalue weighted by atomic mass is 10.5. The van der Waals surface area contributed by atoms with Crippen LogP contribution >= 0.6 is 0 Å². The van der Waals surface area contributed by atoms with E-state index in [4.69, 9.17) is 0 Å². The summed E-state index contributed by atoms with van der Waals surface area (Å²) in [4.78, 5) is 9.54. The Morgan fingerprint density at radius 3 is 2.86 bits per heavy atom. The molecule has 0 aromatic rings. The lowest BCUT2D eigenvalue weighted by Crippen LogP contribution is -1.79. The van der Waals surface area contributed by atoms with Gasteiger partial charge in [-0.1, -0.05) is 6.08 Å². The van der Waals surface area contributed by atoms with Gasteiger partial charge in [-0.3, -0.25) is 4.79 Å². The highest BCUT2D eigenvalue weighted by atomic mass is 16.5. The number of carbonyl (C=O) groups excluding carboxylic acids is 1. The van der Waals surface area contributed by atoms with Crippen molar-refractivity contribution >= 4 is 6.29 Å². The van der Waals surface area contributed by atoms with Crippen LogP contribution in [0.4, 0.5) is 0 Å².